The Morgan fingerprint density at radius 3 is 2.15 bits per heavy atom. The monoisotopic (exact) mass is 479 g/mol. The van der Waals surface area contributed by atoms with Crippen LogP contribution in [0.3, 0.4) is 0 Å². The van der Waals surface area contributed by atoms with Gasteiger partial charge in [-0.25, -0.2) is 13.1 Å². The maximum absolute atomic E-state index is 12.7. The molecule has 170 valence electrons. The van der Waals surface area contributed by atoms with Gasteiger partial charge >= 0.3 is 0 Å². The van der Waals surface area contributed by atoms with Gasteiger partial charge in [-0.3, -0.25) is 4.79 Å². The van der Waals surface area contributed by atoms with Crippen LogP contribution in [-0.4, -0.2) is 27.4 Å². The van der Waals surface area contributed by atoms with Crippen molar-refractivity contribution in [1.29, 1.82) is 0 Å². The predicted octanol–water partition coefficient (Wildman–Crippen LogP) is 4.92. The summed E-state index contributed by atoms with van der Waals surface area (Å²) in [6.45, 7) is 4.25. The Hall–Kier alpha value is -3.07. The molecule has 0 saturated carbocycles. The van der Waals surface area contributed by atoms with Gasteiger partial charge in [0.25, 0.3) is 0 Å². The lowest BCUT2D eigenvalue weighted by Gasteiger charge is -2.32. The number of hydrogen-bond donors (Lipinski definition) is 2. The fourth-order valence-electron chi connectivity index (χ4n) is 3.60. The molecule has 2 N–H and O–H groups in total. The van der Waals surface area contributed by atoms with Crippen molar-refractivity contribution in [2.24, 2.45) is 0 Å². The third kappa shape index (κ3) is 5.84. The maximum atomic E-state index is 12.7. The lowest BCUT2D eigenvalue weighted by atomic mass is 10.2. The molecule has 1 aliphatic rings. The van der Waals surface area contributed by atoms with Crippen LogP contribution in [-0.2, 0) is 20.6 Å². The first-order chi connectivity index (χ1) is 15.9. The number of benzene rings is 3. The van der Waals surface area contributed by atoms with Crippen LogP contribution in [0.4, 0.5) is 17.1 Å². The normalized spacial score (nSPS) is 12.5. The zero-order chi connectivity index (χ0) is 23.3. The fourth-order valence-corrected chi connectivity index (χ4v) is 5.80. The van der Waals surface area contributed by atoms with Crippen LogP contribution < -0.4 is 14.9 Å². The van der Waals surface area contributed by atoms with Crippen LogP contribution in [0.2, 0.25) is 0 Å². The molecule has 4 rings (SSSR count). The van der Waals surface area contributed by atoms with Crippen molar-refractivity contribution >= 4 is 44.8 Å². The molecule has 3 aromatic carbocycles. The fraction of sp³-hybridized carbons (Fsp3) is 0.160. The van der Waals surface area contributed by atoms with Crippen molar-refractivity contribution in [3.8, 4) is 0 Å². The van der Waals surface area contributed by atoms with E-state index in [-0.39, 0.29) is 18.2 Å². The molecule has 0 unspecified atom stereocenters. The molecule has 1 heterocycles. The molecule has 6 nitrogen and oxygen atoms in total. The summed E-state index contributed by atoms with van der Waals surface area (Å²) >= 11 is 1.74. The lowest BCUT2D eigenvalue weighted by Crippen LogP contribution is -2.26. The molecule has 0 saturated heterocycles. The summed E-state index contributed by atoms with van der Waals surface area (Å²) in [4.78, 5) is 17.2. The molecule has 0 aromatic heterocycles. The predicted molar refractivity (Wildman–Crippen MR) is 135 cm³/mol. The van der Waals surface area contributed by atoms with Gasteiger partial charge in [-0.2, -0.15) is 0 Å². The van der Waals surface area contributed by atoms with Gasteiger partial charge < -0.3 is 10.2 Å². The number of carbonyl (C=O) groups is 1. The number of nitrogens with one attached hydrogen (secondary N) is 2. The van der Waals surface area contributed by atoms with Crippen LogP contribution in [0.5, 0.6) is 0 Å². The molecule has 8 heteroatoms. The van der Waals surface area contributed by atoms with E-state index in [1.54, 1.807) is 36.0 Å². The first kappa shape index (κ1) is 23.1. The Morgan fingerprint density at radius 1 is 0.939 bits per heavy atom. The number of nitrogens with zero attached hydrogens (tertiary/aromatic N) is 1. The number of para-hydroxylation sites is 2. The van der Waals surface area contributed by atoms with Gasteiger partial charge in [0.15, 0.2) is 0 Å². The highest BCUT2D eigenvalue weighted by Gasteiger charge is 2.23. The molecule has 0 bridgehead atoms. The van der Waals surface area contributed by atoms with Crippen LogP contribution in [0, 0.1) is 0 Å². The Morgan fingerprint density at radius 2 is 1.55 bits per heavy atom. The van der Waals surface area contributed by atoms with Gasteiger partial charge in [-0.15, -0.1) is 6.58 Å². The molecule has 0 atom stereocenters. The van der Waals surface area contributed by atoms with Crippen molar-refractivity contribution in [3.63, 3.8) is 0 Å². The van der Waals surface area contributed by atoms with Gasteiger partial charge in [0.2, 0.25) is 15.9 Å². The molecule has 0 radical (unpaired) electrons. The highest BCUT2D eigenvalue weighted by molar-refractivity contribution is 7.99. The molecule has 0 spiro atoms. The lowest BCUT2D eigenvalue weighted by molar-refractivity contribution is -0.116. The Balaban J connectivity index is 1.38. The summed E-state index contributed by atoms with van der Waals surface area (Å²) in [7, 11) is -3.42. The molecule has 1 amide bonds. The van der Waals surface area contributed by atoms with E-state index < -0.39 is 10.0 Å². The summed E-state index contributed by atoms with van der Waals surface area (Å²) < 4.78 is 26.4. The van der Waals surface area contributed by atoms with E-state index in [2.05, 4.69) is 45.8 Å². The van der Waals surface area contributed by atoms with Crippen molar-refractivity contribution in [1.82, 2.24) is 4.72 Å². The summed E-state index contributed by atoms with van der Waals surface area (Å²) in [5.74, 6) is -0.225. The second-order valence-corrected chi connectivity index (χ2v) is 10.5. The number of fused-ring (bicyclic) bond motifs is 2. The molecule has 0 fully saturated rings. The zero-order valence-electron chi connectivity index (χ0n) is 18.0. The Kier molecular flexibility index (Phi) is 7.17. The van der Waals surface area contributed by atoms with Gasteiger partial charge in [0, 0.05) is 35.0 Å². The zero-order valence-corrected chi connectivity index (χ0v) is 19.7. The highest BCUT2D eigenvalue weighted by Crippen LogP contribution is 2.47. The summed E-state index contributed by atoms with van der Waals surface area (Å²) in [6, 6.07) is 23.3. The molecule has 33 heavy (non-hydrogen) atoms. The van der Waals surface area contributed by atoms with Crippen molar-refractivity contribution in [2.45, 2.75) is 22.0 Å². The number of anilines is 3. The van der Waals surface area contributed by atoms with E-state index in [1.807, 2.05) is 24.3 Å². The number of sulfonamides is 1. The first-order valence-corrected chi connectivity index (χ1v) is 13.0. The van der Waals surface area contributed by atoms with Gasteiger partial charge in [0.1, 0.15) is 0 Å². The quantitative estimate of drug-likeness (QED) is 0.426. The third-order valence-electron chi connectivity index (χ3n) is 5.14. The van der Waals surface area contributed by atoms with Crippen LogP contribution in [0.15, 0.2) is 95.2 Å². The van der Waals surface area contributed by atoms with Crippen LogP contribution >= 0.6 is 11.8 Å². The number of hydrogen-bond acceptors (Lipinski definition) is 5. The Bertz CT molecular complexity index is 1210. The van der Waals surface area contributed by atoms with Crippen LogP contribution in [0.25, 0.3) is 0 Å². The van der Waals surface area contributed by atoms with Crippen molar-refractivity contribution < 1.29 is 13.2 Å². The van der Waals surface area contributed by atoms with Gasteiger partial charge in [0.05, 0.1) is 17.1 Å². The smallest absolute Gasteiger partial charge is 0.226 e. The SMILES string of the molecule is C=CCNS(=O)(=O)Cc1ccc(NC(=O)CCN2c3ccccc3Sc3ccccc32)cc1. The van der Waals surface area contributed by atoms with E-state index in [4.69, 9.17) is 0 Å². The van der Waals surface area contributed by atoms with E-state index in [1.165, 1.54) is 15.9 Å². The molecule has 1 aliphatic heterocycles. The highest BCUT2D eigenvalue weighted by atomic mass is 32.2. The van der Waals surface area contributed by atoms with Crippen molar-refractivity contribution in [3.05, 3.63) is 91.0 Å². The summed E-state index contributed by atoms with van der Waals surface area (Å²) in [5.41, 5.74) is 3.48. The molecule has 3 aromatic rings. The average Bonchev–Trinajstić information content (AvgIpc) is 2.81. The standard InChI is InChI=1S/C25H25N3O3S2/c1-2-16-26-33(30,31)18-19-11-13-20(14-12-19)27-25(29)15-17-28-21-7-3-5-9-23(21)32-24-10-6-4-8-22(24)28/h2-14,26H,1,15-18H2,(H,27,29). The van der Waals surface area contributed by atoms with Crippen molar-refractivity contribution in [2.75, 3.05) is 23.3 Å². The minimum Gasteiger partial charge on any atom is -0.339 e. The average molecular weight is 480 g/mol. The topological polar surface area (TPSA) is 78.5 Å². The van der Waals surface area contributed by atoms with E-state index in [0.29, 0.717) is 24.2 Å². The maximum Gasteiger partial charge on any atom is 0.226 e. The number of carbonyl (C=O) groups excluding carboxylic acids is 1. The van der Waals surface area contributed by atoms with E-state index >= 15 is 0 Å². The third-order valence-corrected chi connectivity index (χ3v) is 7.59. The number of rotatable bonds is 9. The van der Waals surface area contributed by atoms with Gasteiger partial charge in [-0.1, -0.05) is 54.2 Å². The number of amides is 1. The first-order valence-electron chi connectivity index (χ1n) is 10.6. The molecular weight excluding hydrogens is 454 g/mol. The van der Waals surface area contributed by atoms with Crippen LogP contribution in [0.1, 0.15) is 12.0 Å². The molecular formula is C25H25N3O3S2. The largest absolute Gasteiger partial charge is 0.339 e. The van der Waals surface area contributed by atoms with E-state index in [9.17, 15) is 13.2 Å². The van der Waals surface area contributed by atoms with E-state index in [0.717, 1.165) is 11.4 Å². The minimum atomic E-state index is -3.42. The molecule has 0 aliphatic carbocycles. The van der Waals surface area contributed by atoms with Gasteiger partial charge in [-0.05, 0) is 42.0 Å². The Labute approximate surface area is 198 Å². The summed E-state index contributed by atoms with van der Waals surface area (Å²) in [6.07, 6.45) is 1.81. The minimum absolute atomic E-state index is 0.101. The summed E-state index contributed by atoms with van der Waals surface area (Å²) in [5, 5.41) is 2.90. The second-order valence-electron chi connectivity index (χ2n) is 7.58. The second kappa shape index (κ2) is 10.2.